The number of hydrogen-bond donors (Lipinski definition) is 0. The van der Waals surface area contributed by atoms with Crippen LogP contribution >= 0.6 is 15.9 Å². The molecule has 13 heavy (non-hydrogen) atoms. The van der Waals surface area contributed by atoms with Crippen LogP contribution in [-0.4, -0.2) is 19.7 Å². The Morgan fingerprint density at radius 1 is 1.23 bits per heavy atom. The highest BCUT2D eigenvalue weighted by Gasteiger charge is 2.00. The van der Waals surface area contributed by atoms with Crippen LogP contribution in [0.25, 0.3) is 5.95 Å². The summed E-state index contributed by atoms with van der Waals surface area (Å²) in [7, 11) is 0. The molecule has 0 aliphatic rings. The summed E-state index contributed by atoms with van der Waals surface area (Å²) in [5, 5.41) is 4.06. The fraction of sp³-hybridized carbons (Fsp3) is 0.125. The van der Waals surface area contributed by atoms with Crippen molar-refractivity contribution in [2.45, 2.75) is 6.92 Å². The molecule has 2 rings (SSSR count). The van der Waals surface area contributed by atoms with Crippen molar-refractivity contribution in [2.24, 2.45) is 0 Å². The van der Waals surface area contributed by atoms with Gasteiger partial charge in [-0.1, -0.05) is 0 Å². The number of aromatic nitrogens is 4. The molecule has 0 atom stereocenters. The van der Waals surface area contributed by atoms with Crippen LogP contribution in [0, 0.1) is 6.92 Å². The van der Waals surface area contributed by atoms with E-state index in [1.165, 1.54) is 0 Å². The normalized spacial score (nSPS) is 10.3. The maximum atomic E-state index is 4.13. The Morgan fingerprint density at radius 2 is 1.92 bits per heavy atom. The molecular weight excluding hydrogens is 232 g/mol. The molecule has 4 nitrogen and oxygen atoms in total. The third-order valence-corrected chi connectivity index (χ3v) is 1.93. The maximum absolute atomic E-state index is 4.13. The summed E-state index contributed by atoms with van der Waals surface area (Å²) in [5.74, 6) is 0.580. The van der Waals surface area contributed by atoms with E-state index in [1.54, 1.807) is 23.3 Å². The number of rotatable bonds is 1. The molecule has 0 radical (unpaired) electrons. The topological polar surface area (TPSA) is 43.6 Å². The lowest BCUT2D eigenvalue weighted by molar-refractivity contribution is 0.805. The lowest BCUT2D eigenvalue weighted by atomic mass is 10.4. The van der Waals surface area contributed by atoms with Gasteiger partial charge in [-0.05, 0) is 28.4 Å². The van der Waals surface area contributed by atoms with Gasteiger partial charge >= 0.3 is 0 Å². The fourth-order valence-corrected chi connectivity index (χ4v) is 1.20. The third kappa shape index (κ3) is 1.75. The fourth-order valence-electron chi connectivity index (χ4n) is 0.914. The van der Waals surface area contributed by atoms with Crippen LogP contribution in [0.2, 0.25) is 0 Å². The van der Waals surface area contributed by atoms with Crippen molar-refractivity contribution in [1.29, 1.82) is 0 Å². The molecule has 2 aromatic rings. The first kappa shape index (κ1) is 8.37. The zero-order valence-electron chi connectivity index (χ0n) is 6.98. The average Bonchev–Trinajstić information content (AvgIpc) is 2.53. The maximum Gasteiger partial charge on any atom is 0.250 e. The predicted octanol–water partition coefficient (Wildman–Crippen LogP) is 1.73. The second kappa shape index (κ2) is 3.26. The first-order valence-electron chi connectivity index (χ1n) is 3.75. The molecule has 0 aliphatic heterocycles. The van der Waals surface area contributed by atoms with Gasteiger partial charge < -0.3 is 0 Å². The van der Waals surface area contributed by atoms with E-state index in [1.807, 2.05) is 13.1 Å². The van der Waals surface area contributed by atoms with Crippen molar-refractivity contribution in [2.75, 3.05) is 0 Å². The number of halogens is 1. The molecule has 2 heterocycles. The van der Waals surface area contributed by atoms with Gasteiger partial charge in [-0.15, -0.1) is 0 Å². The Morgan fingerprint density at radius 3 is 2.46 bits per heavy atom. The van der Waals surface area contributed by atoms with Crippen LogP contribution in [-0.2, 0) is 0 Å². The van der Waals surface area contributed by atoms with Crippen LogP contribution in [0.1, 0.15) is 5.56 Å². The SMILES string of the molecule is Cc1cnc(-n2cc(Br)cn2)nc1. The van der Waals surface area contributed by atoms with Crippen LogP contribution in [0.3, 0.4) is 0 Å². The monoisotopic (exact) mass is 238 g/mol. The highest BCUT2D eigenvalue weighted by molar-refractivity contribution is 9.10. The number of hydrogen-bond acceptors (Lipinski definition) is 3. The standard InChI is InChI=1S/C8H7BrN4/c1-6-2-10-8(11-3-6)13-5-7(9)4-12-13/h2-5H,1H3. The van der Waals surface area contributed by atoms with Gasteiger partial charge in [0.2, 0.25) is 5.95 Å². The van der Waals surface area contributed by atoms with E-state index in [4.69, 9.17) is 0 Å². The largest absolute Gasteiger partial charge is 0.250 e. The zero-order chi connectivity index (χ0) is 9.26. The molecule has 0 amide bonds. The summed E-state index contributed by atoms with van der Waals surface area (Å²) >= 11 is 3.30. The predicted molar refractivity (Wildman–Crippen MR) is 51.6 cm³/mol. The Kier molecular flexibility index (Phi) is 2.10. The number of nitrogens with zero attached hydrogens (tertiary/aromatic N) is 4. The molecule has 0 saturated heterocycles. The quantitative estimate of drug-likeness (QED) is 0.761. The van der Waals surface area contributed by atoms with E-state index in [-0.39, 0.29) is 0 Å². The van der Waals surface area contributed by atoms with Crippen molar-refractivity contribution < 1.29 is 0 Å². The van der Waals surface area contributed by atoms with E-state index in [0.717, 1.165) is 10.0 Å². The Balaban J connectivity index is 2.41. The molecule has 0 aromatic carbocycles. The van der Waals surface area contributed by atoms with Crippen LogP contribution < -0.4 is 0 Å². The summed E-state index contributed by atoms with van der Waals surface area (Å²) in [4.78, 5) is 8.26. The highest BCUT2D eigenvalue weighted by Crippen LogP contribution is 2.08. The molecule has 5 heteroatoms. The molecule has 0 bridgehead atoms. The summed E-state index contributed by atoms with van der Waals surface area (Å²) in [5.41, 5.74) is 1.04. The van der Waals surface area contributed by atoms with Gasteiger partial charge in [0.15, 0.2) is 0 Å². The third-order valence-electron chi connectivity index (χ3n) is 1.52. The molecule has 0 N–H and O–H groups in total. The summed E-state index contributed by atoms with van der Waals surface area (Å²) in [6, 6.07) is 0. The lowest BCUT2D eigenvalue weighted by Crippen LogP contribution is -2.00. The van der Waals surface area contributed by atoms with Crippen molar-refractivity contribution in [3.63, 3.8) is 0 Å². The Hall–Kier alpha value is -1.23. The minimum absolute atomic E-state index is 0.580. The summed E-state index contributed by atoms with van der Waals surface area (Å²) < 4.78 is 2.53. The van der Waals surface area contributed by atoms with Crippen LogP contribution in [0.5, 0.6) is 0 Å². The molecular formula is C8H7BrN4. The second-order valence-electron chi connectivity index (χ2n) is 2.66. The molecule has 0 spiro atoms. The Labute approximate surface area is 83.8 Å². The molecule has 0 fully saturated rings. The summed E-state index contributed by atoms with van der Waals surface area (Å²) in [6.45, 7) is 1.95. The molecule has 0 aliphatic carbocycles. The van der Waals surface area contributed by atoms with Crippen molar-refractivity contribution in [3.05, 3.63) is 34.8 Å². The van der Waals surface area contributed by atoms with Crippen molar-refractivity contribution in [3.8, 4) is 5.95 Å². The van der Waals surface area contributed by atoms with E-state index >= 15 is 0 Å². The van der Waals surface area contributed by atoms with Crippen molar-refractivity contribution >= 4 is 15.9 Å². The lowest BCUT2D eigenvalue weighted by Gasteiger charge is -1.97. The van der Waals surface area contributed by atoms with Gasteiger partial charge in [-0.3, -0.25) is 0 Å². The van der Waals surface area contributed by atoms with E-state index < -0.39 is 0 Å². The molecule has 2 aromatic heterocycles. The van der Waals surface area contributed by atoms with E-state index in [0.29, 0.717) is 5.95 Å². The van der Waals surface area contributed by atoms with E-state index in [2.05, 4.69) is 31.0 Å². The first-order chi connectivity index (χ1) is 6.25. The highest BCUT2D eigenvalue weighted by atomic mass is 79.9. The van der Waals surface area contributed by atoms with Gasteiger partial charge in [-0.2, -0.15) is 5.10 Å². The minimum Gasteiger partial charge on any atom is -0.219 e. The zero-order valence-corrected chi connectivity index (χ0v) is 8.56. The van der Waals surface area contributed by atoms with Gasteiger partial charge in [0.05, 0.1) is 10.7 Å². The van der Waals surface area contributed by atoms with Gasteiger partial charge in [0.25, 0.3) is 0 Å². The summed E-state index contributed by atoms with van der Waals surface area (Å²) in [6.07, 6.45) is 7.03. The van der Waals surface area contributed by atoms with Gasteiger partial charge in [0.1, 0.15) is 0 Å². The van der Waals surface area contributed by atoms with Crippen LogP contribution in [0.15, 0.2) is 29.3 Å². The number of aryl methyl sites for hydroxylation is 1. The molecule has 66 valence electrons. The minimum atomic E-state index is 0.580. The molecule has 0 saturated carbocycles. The van der Waals surface area contributed by atoms with Crippen molar-refractivity contribution in [1.82, 2.24) is 19.7 Å². The molecule has 0 unspecified atom stereocenters. The smallest absolute Gasteiger partial charge is 0.219 e. The second-order valence-corrected chi connectivity index (χ2v) is 3.58. The van der Waals surface area contributed by atoms with Crippen LogP contribution in [0.4, 0.5) is 0 Å². The van der Waals surface area contributed by atoms with Gasteiger partial charge in [-0.25, -0.2) is 14.6 Å². The Bertz CT molecular complexity index is 406. The van der Waals surface area contributed by atoms with E-state index in [9.17, 15) is 0 Å². The average molecular weight is 239 g/mol. The van der Waals surface area contributed by atoms with Gasteiger partial charge in [0, 0.05) is 18.6 Å². The first-order valence-corrected chi connectivity index (χ1v) is 4.54.